The number of hydrogen-bond donors (Lipinski definition) is 1. The topological polar surface area (TPSA) is 50.3 Å². The van der Waals surface area contributed by atoms with E-state index in [1.54, 1.807) is 7.11 Å². The van der Waals surface area contributed by atoms with Crippen LogP contribution in [0.2, 0.25) is 0 Å². The number of nitrogens with one attached hydrogen (secondary N) is 1. The minimum atomic E-state index is 0.447. The van der Waals surface area contributed by atoms with Crippen LogP contribution < -0.4 is 10.2 Å². The van der Waals surface area contributed by atoms with Gasteiger partial charge in [-0.2, -0.15) is 0 Å². The van der Waals surface area contributed by atoms with Crippen LogP contribution in [0.5, 0.6) is 0 Å². The van der Waals surface area contributed by atoms with Gasteiger partial charge in [-0.05, 0) is 18.3 Å². The molecule has 1 aliphatic heterocycles. The standard InChI is InChI=1S/C14H24N4O/c1-10-5-6-18(8-11(10)2)14-7-12(15-3)16-13(17-14)9-19-4/h7,10-11H,5-6,8-9H2,1-4H3,(H,15,16,17). The average Bonchev–Trinajstić information content (AvgIpc) is 2.42. The molecule has 0 aliphatic carbocycles. The van der Waals surface area contributed by atoms with E-state index >= 15 is 0 Å². The summed E-state index contributed by atoms with van der Waals surface area (Å²) in [5, 5.41) is 3.09. The van der Waals surface area contributed by atoms with Crippen molar-refractivity contribution in [1.82, 2.24) is 9.97 Å². The fourth-order valence-electron chi connectivity index (χ4n) is 2.44. The van der Waals surface area contributed by atoms with Crippen molar-refractivity contribution in [3.05, 3.63) is 11.9 Å². The molecule has 0 bridgehead atoms. The molecule has 1 saturated heterocycles. The third-order valence-electron chi connectivity index (χ3n) is 3.95. The van der Waals surface area contributed by atoms with E-state index in [9.17, 15) is 0 Å². The highest BCUT2D eigenvalue weighted by molar-refractivity contribution is 5.49. The van der Waals surface area contributed by atoms with Gasteiger partial charge in [0.1, 0.15) is 18.2 Å². The number of nitrogens with zero attached hydrogens (tertiary/aromatic N) is 3. The lowest BCUT2D eigenvalue weighted by Crippen LogP contribution is -2.39. The van der Waals surface area contributed by atoms with Gasteiger partial charge in [-0.25, -0.2) is 9.97 Å². The summed E-state index contributed by atoms with van der Waals surface area (Å²) >= 11 is 0. The molecular formula is C14H24N4O. The third-order valence-corrected chi connectivity index (χ3v) is 3.95. The molecule has 5 heteroatoms. The van der Waals surface area contributed by atoms with Crippen LogP contribution in [0, 0.1) is 11.8 Å². The Hall–Kier alpha value is -1.36. The molecule has 2 atom stereocenters. The first kappa shape index (κ1) is 14.1. The number of anilines is 2. The second-order valence-corrected chi connectivity index (χ2v) is 5.40. The normalized spacial score (nSPS) is 23.5. The zero-order valence-electron chi connectivity index (χ0n) is 12.3. The summed E-state index contributed by atoms with van der Waals surface area (Å²) in [6.45, 7) is 7.22. The Bertz CT molecular complexity index is 424. The molecule has 1 N–H and O–H groups in total. The molecule has 1 aliphatic rings. The Morgan fingerprint density at radius 2 is 2.16 bits per heavy atom. The first-order valence-corrected chi connectivity index (χ1v) is 6.93. The molecule has 1 aromatic rings. The average molecular weight is 264 g/mol. The van der Waals surface area contributed by atoms with E-state index in [0.717, 1.165) is 36.5 Å². The molecule has 0 saturated carbocycles. The van der Waals surface area contributed by atoms with Crippen molar-refractivity contribution in [2.75, 3.05) is 37.5 Å². The van der Waals surface area contributed by atoms with E-state index in [4.69, 9.17) is 4.74 Å². The summed E-state index contributed by atoms with van der Waals surface area (Å²) in [4.78, 5) is 11.4. The van der Waals surface area contributed by atoms with Crippen molar-refractivity contribution in [3.63, 3.8) is 0 Å². The lowest BCUT2D eigenvalue weighted by molar-refractivity contribution is 0.178. The van der Waals surface area contributed by atoms with Gasteiger partial charge >= 0.3 is 0 Å². The van der Waals surface area contributed by atoms with Gasteiger partial charge in [0.05, 0.1) is 0 Å². The van der Waals surface area contributed by atoms with Gasteiger partial charge in [0, 0.05) is 33.3 Å². The molecule has 1 fully saturated rings. The Balaban J connectivity index is 2.20. The molecule has 1 aromatic heterocycles. The van der Waals surface area contributed by atoms with Crippen LogP contribution >= 0.6 is 0 Å². The number of methoxy groups -OCH3 is 1. The predicted molar refractivity (Wildman–Crippen MR) is 77.4 cm³/mol. The van der Waals surface area contributed by atoms with Crippen molar-refractivity contribution in [2.45, 2.75) is 26.9 Å². The van der Waals surface area contributed by atoms with Gasteiger partial charge in [0.15, 0.2) is 5.82 Å². The van der Waals surface area contributed by atoms with Crippen molar-refractivity contribution >= 4 is 11.6 Å². The fraction of sp³-hybridized carbons (Fsp3) is 0.714. The summed E-state index contributed by atoms with van der Waals surface area (Å²) in [6.07, 6.45) is 1.22. The largest absolute Gasteiger partial charge is 0.377 e. The summed E-state index contributed by atoms with van der Waals surface area (Å²) < 4.78 is 5.14. The van der Waals surface area contributed by atoms with Crippen molar-refractivity contribution in [3.8, 4) is 0 Å². The SMILES string of the molecule is CNc1cc(N2CCC(C)C(C)C2)nc(COC)n1. The molecule has 0 spiro atoms. The van der Waals surface area contributed by atoms with Crippen molar-refractivity contribution in [1.29, 1.82) is 0 Å². The van der Waals surface area contributed by atoms with Gasteiger partial charge in [0.2, 0.25) is 0 Å². The summed E-state index contributed by atoms with van der Waals surface area (Å²) in [5.41, 5.74) is 0. The molecule has 19 heavy (non-hydrogen) atoms. The van der Waals surface area contributed by atoms with Gasteiger partial charge in [-0.3, -0.25) is 0 Å². The molecule has 2 rings (SSSR count). The Morgan fingerprint density at radius 1 is 1.37 bits per heavy atom. The maximum absolute atomic E-state index is 5.14. The quantitative estimate of drug-likeness (QED) is 0.903. The van der Waals surface area contributed by atoms with Crippen LogP contribution in [0.15, 0.2) is 6.07 Å². The molecule has 0 radical (unpaired) electrons. The number of hydrogen-bond acceptors (Lipinski definition) is 5. The van der Waals surface area contributed by atoms with Crippen LogP contribution in [0.1, 0.15) is 26.1 Å². The predicted octanol–water partition coefficient (Wildman–Crippen LogP) is 2.15. The molecule has 2 unspecified atom stereocenters. The molecular weight excluding hydrogens is 240 g/mol. The highest BCUT2D eigenvalue weighted by Crippen LogP contribution is 2.26. The number of aromatic nitrogens is 2. The van der Waals surface area contributed by atoms with Crippen LogP contribution in [-0.4, -0.2) is 37.2 Å². The molecule has 2 heterocycles. The first-order valence-electron chi connectivity index (χ1n) is 6.93. The first-order chi connectivity index (χ1) is 9.13. The van der Waals surface area contributed by atoms with E-state index in [0.29, 0.717) is 12.5 Å². The maximum Gasteiger partial charge on any atom is 0.158 e. The lowest BCUT2D eigenvalue weighted by Gasteiger charge is -2.36. The zero-order chi connectivity index (χ0) is 13.8. The van der Waals surface area contributed by atoms with Crippen LogP contribution in [0.3, 0.4) is 0 Å². The van der Waals surface area contributed by atoms with E-state index < -0.39 is 0 Å². The van der Waals surface area contributed by atoms with E-state index in [2.05, 4.69) is 34.0 Å². The fourth-order valence-corrected chi connectivity index (χ4v) is 2.44. The highest BCUT2D eigenvalue weighted by Gasteiger charge is 2.24. The van der Waals surface area contributed by atoms with Gasteiger partial charge in [-0.1, -0.05) is 13.8 Å². The molecule has 0 amide bonds. The highest BCUT2D eigenvalue weighted by atomic mass is 16.5. The van der Waals surface area contributed by atoms with Crippen LogP contribution in [0.25, 0.3) is 0 Å². The Morgan fingerprint density at radius 3 is 2.79 bits per heavy atom. The Kier molecular flexibility index (Phi) is 4.58. The monoisotopic (exact) mass is 264 g/mol. The second kappa shape index (κ2) is 6.19. The molecule has 5 nitrogen and oxygen atoms in total. The minimum absolute atomic E-state index is 0.447. The third kappa shape index (κ3) is 3.35. The smallest absolute Gasteiger partial charge is 0.158 e. The van der Waals surface area contributed by atoms with Crippen molar-refractivity contribution < 1.29 is 4.74 Å². The van der Waals surface area contributed by atoms with E-state index in [1.807, 2.05) is 13.1 Å². The molecule has 106 valence electrons. The second-order valence-electron chi connectivity index (χ2n) is 5.40. The number of ether oxygens (including phenoxy) is 1. The summed E-state index contributed by atoms with van der Waals surface area (Å²) in [7, 11) is 3.54. The van der Waals surface area contributed by atoms with Gasteiger partial charge < -0.3 is 15.0 Å². The molecule has 0 aromatic carbocycles. The van der Waals surface area contributed by atoms with Crippen molar-refractivity contribution in [2.24, 2.45) is 11.8 Å². The number of piperidine rings is 1. The van der Waals surface area contributed by atoms with Crippen LogP contribution in [-0.2, 0) is 11.3 Å². The van der Waals surface area contributed by atoms with E-state index in [1.165, 1.54) is 6.42 Å². The lowest BCUT2D eigenvalue weighted by atomic mass is 9.89. The van der Waals surface area contributed by atoms with Gasteiger partial charge in [-0.15, -0.1) is 0 Å². The summed E-state index contributed by atoms with van der Waals surface area (Å²) in [5.74, 6) is 4.08. The van der Waals surface area contributed by atoms with Crippen LogP contribution in [0.4, 0.5) is 11.6 Å². The minimum Gasteiger partial charge on any atom is -0.377 e. The zero-order valence-corrected chi connectivity index (χ0v) is 12.3. The van der Waals surface area contributed by atoms with Gasteiger partial charge in [0.25, 0.3) is 0 Å². The summed E-state index contributed by atoms with van der Waals surface area (Å²) in [6, 6.07) is 2.02. The number of rotatable bonds is 4. The Labute approximate surface area is 115 Å². The van der Waals surface area contributed by atoms with E-state index in [-0.39, 0.29) is 0 Å². The maximum atomic E-state index is 5.14.